The number of hydrogen-bond donors (Lipinski definition) is 2. The van der Waals surface area contributed by atoms with Crippen LogP contribution in [0.2, 0.25) is 0 Å². The van der Waals surface area contributed by atoms with Gasteiger partial charge in [0, 0.05) is 13.5 Å². The van der Waals surface area contributed by atoms with Gasteiger partial charge in [0.1, 0.15) is 0 Å². The van der Waals surface area contributed by atoms with Crippen molar-refractivity contribution in [2.45, 2.75) is 27.2 Å². The number of rotatable bonds is 4. The van der Waals surface area contributed by atoms with Crippen molar-refractivity contribution in [1.29, 1.82) is 0 Å². The monoisotopic (exact) mass is 144 g/mol. The zero-order chi connectivity index (χ0) is 7.98. The fourth-order valence-corrected chi connectivity index (χ4v) is 0.548. The van der Waals surface area contributed by atoms with E-state index in [1.54, 1.807) is 0 Å². The van der Waals surface area contributed by atoms with Gasteiger partial charge in [0.15, 0.2) is 0 Å². The van der Waals surface area contributed by atoms with Gasteiger partial charge in [-0.1, -0.05) is 13.8 Å². The molecule has 2 N–H and O–H groups in total. The van der Waals surface area contributed by atoms with Crippen molar-refractivity contribution in [3.05, 3.63) is 0 Å². The molecule has 0 heterocycles. The van der Waals surface area contributed by atoms with Crippen LogP contribution in [0.25, 0.3) is 0 Å². The van der Waals surface area contributed by atoms with Crippen LogP contribution in [0, 0.1) is 5.92 Å². The fourth-order valence-electron chi connectivity index (χ4n) is 0.548. The highest BCUT2D eigenvalue weighted by atomic mass is 16.2. The van der Waals surface area contributed by atoms with Crippen LogP contribution in [-0.4, -0.2) is 12.5 Å². The minimum absolute atomic E-state index is 0.0382. The molecule has 60 valence electrons. The molecule has 0 spiro atoms. The number of nitrogens with one attached hydrogen (secondary N) is 2. The Morgan fingerprint density at radius 3 is 2.50 bits per heavy atom. The van der Waals surface area contributed by atoms with E-state index >= 15 is 0 Å². The summed E-state index contributed by atoms with van der Waals surface area (Å²) in [5.41, 5.74) is 5.33. The molecule has 10 heavy (non-hydrogen) atoms. The van der Waals surface area contributed by atoms with Crippen LogP contribution in [0.3, 0.4) is 0 Å². The first-order valence-corrected chi connectivity index (χ1v) is 3.62. The predicted octanol–water partition coefficient (Wildman–Crippen LogP) is 0.673. The van der Waals surface area contributed by atoms with Gasteiger partial charge in [0.2, 0.25) is 5.91 Å². The lowest BCUT2D eigenvalue weighted by Gasteiger charge is -2.05. The number of carbonyl (C=O) groups excluding carboxylic acids is 1. The summed E-state index contributed by atoms with van der Waals surface area (Å²) < 4.78 is 0. The number of amides is 1. The first-order valence-electron chi connectivity index (χ1n) is 3.62. The summed E-state index contributed by atoms with van der Waals surface area (Å²) >= 11 is 0. The molecule has 0 fully saturated rings. The number of hydrogen-bond acceptors (Lipinski definition) is 2. The highest BCUT2D eigenvalue weighted by Gasteiger charge is 1.92. The van der Waals surface area contributed by atoms with Crippen LogP contribution in [-0.2, 0) is 4.79 Å². The van der Waals surface area contributed by atoms with Crippen molar-refractivity contribution in [3.63, 3.8) is 0 Å². The molecule has 0 rings (SSSR count). The average molecular weight is 144 g/mol. The van der Waals surface area contributed by atoms with E-state index in [-0.39, 0.29) is 5.91 Å². The highest BCUT2D eigenvalue weighted by molar-refractivity contribution is 5.72. The molecule has 0 aromatic rings. The van der Waals surface area contributed by atoms with Gasteiger partial charge in [0.25, 0.3) is 0 Å². The summed E-state index contributed by atoms with van der Waals surface area (Å²) in [6, 6.07) is 0. The van der Waals surface area contributed by atoms with E-state index in [1.165, 1.54) is 6.92 Å². The third kappa shape index (κ3) is 7.43. The molecule has 0 aliphatic heterocycles. The lowest BCUT2D eigenvalue weighted by atomic mass is 10.1. The van der Waals surface area contributed by atoms with E-state index in [4.69, 9.17) is 0 Å². The highest BCUT2D eigenvalue weighted by Crippen LogP contribution is 1.95. The third-order valence-electron chi connectivity index (χ3n) is 1.11. The summed E-state index contributed by atoms with van der Waals surface area (Å²) in [6.45, 7) is 6.63. The van der Waals surface area contributed by atoms with Crippen molar-refractivity contribution >= 4 is 5.91 Å². The van der Waals surface area contributed by atoms with Crippen molar-refractivity contribution < 1.29 is 4.79 Å². The first-order chi connectivity index (χ1) is 4.63. The predicted molar refractivity (Wildman–Crippen MR) is 41.3 cm³/mol. The Morgan fingerprint density at radius 1 is 1.50 bits per heavy atom. The molecule has 0 saturated heterocycles. The van der Waals surface area contributed by atoms with E-state index in [9.17, 15) is 4.79 Å². The fraction of sp³-hybridized carbons (Fsp3) is 0.857. The summed E-state index contributed by atoms with van der Waals surface area (Å²) in [7, 11) is 0. The zero-order valence-electron chi connectivity index (χ0n) is 6.90. The van der Waals surface area contributed by atoms with Gasteiger partial charge in [-0.05, 0) is 12.3 Å². The van der Waals surface area contributed by atoms with Gasteiger partial charge in [-0.3, -0.25) is 10.2 Å². The number of carbonyl (C=O) groups is 1. The molecule has 0 saturated carbocycles. The molecule has 0 aromatic heterocycles. The number of hydrazine groups is 1. The summed E-state index contributed by atoms with van der Waals surface area (Å²) in [5.74, 6) is 0.644. The smallest absolute Gasteiger partial charge is 0.230 e. The Hall–Kier alpha value is -0.570. The minimum atomic E-state index is -0.0382. The van der Waals surface area contributed by atoms with E-state index in [1.807, 2.05) is 0 Å². The topological polar surface area (TPSA) is 41.1 Å². The Kier molecular flexibility index (Phi) is 4.94. The van der Waals surface area contributed by atoms with Crippen molar-refractivity contribution in [3.8, 4) is 0 Å². The first kappa shape index (κ1) is 9.43. The van der Waals surface area contributed by atoms with Gasteiger partial charge in [0.05, 0.1) is 0 Å². The second-order valence-corrected chi connectivity index (χ2v) is 2.79. The zero-order valence-corrected chi connectivity index (χ0v) is 6.90. The summed E-state index contributed by atoms with van der Waals surface area (Å²) in [5, 5.41) is 0. The van der Waals surface area contributed by atoms with E-state index in [0.29, 0.717) is 5.92 Å². The van der Waals surface area contributed by atoms with E-state index in [0.717, 1.165) is 13.0 Å². The van der Waals surface area contributed by atoms with Gasteiger partial charge in [-0.25, -0.2) is 5.43 Å². The molecule has 0 aromatic carbocycles. The van der Waals surface area contributed by atoms with Crippen LogP contribution < -0.4 is 10.9 Å². The minimum Gasteiger partial charge on any atom is -0.292 e. The van der Waals surface area contributed by atoms with Crippen molar-refractivity contribution in [1.82, 2.24) is 10.9 Å². The quantitative estimate of drug-likeness (QED) is 0.450. The maximum absolute atomic E-state index is 10.3. The van der Waals surface area contributed by atoms with Crippen LogP contribution in [0.1, 0.15) is 27.2 Å². The standard InChI is InChI=1S/C7H16N2O/c1-6(2)4-5-8-9-7(3)10/h6,8H,4-5H2,1-3H3,(H,9,10). The Morgan fingerprint density at radius 2 is 2.10 bits per heavy atom. The maximum Gasteiger partial charge on any atom is 0.230 e. The Balaban J connectivity index is 2.98. The molecular weight excluding hydrogens is 128 g/mol. The second-order valence-electron chi connectivity index (χ2n) is 2.79. The van der Waals surface area contributed by atoms with Gasteiger partial charge < -0.3 is 0 Å². The summed E-state index contributed by atoms with van der Waals surface area (Å²) in [6.07, 6.45) is 1.08. The van der Waals surface area contributed by atoms with Gasteiger partial charge >= 0.3 is 0 Å². The lowest BCUT2D eigenvalue weighted by molar-refractivity contribution is -0.119. The van der Waals surface area contributed by atoms with Crippen LogP contribution in [0.5, 0.6) is 0 Å². The Labute approximate surface area is 62.2 Å². The largest absolute Gasteiger partial charge is 0.292 e. The average Bonchev–Trinajstić information content (AvgIpc) is 1.79. The maximum atomic E-state index is 10.3. The molecule has 0 aliphatic carbocycles. The van der Waals surface area contributed by atoms with Crippen LogP contribution >= 0.6 is 0 Å². The van der Waals surface area contributed by atoms with Crippen LogP contribution in [0.4, 0.5) is 0 Å². The van der Waals surface area contributed by atoms with Crippen molar-refractivity contribution in [2.75, 3.05) is 6.54 Å². The summed E-state index contributed by atoms with van der Waals surface area (Å²) in [4.78, 5) is 10.3. The molecule has 3 heteroatoms. The third-order valence-corrected chi connectivity index (χ3v) is 1.11. The molecule has 0 atom stereocenters. The van der Waals surface area contributed by atoms with Gasteiger partial charge in [-0.2, -0.15) is 0 Å². The van der Waals surface area contributed by atoms with Crippen LogP contribution in [0.15, 0.2) is 0 Å². The molecule has 1 amide bonds. The molecule has 0 aliphatic rings. The van der Waals surface area contributed by atoms with E-state index in [2.05, 4.69) is 24.7 Å². The molecule has 3 nitrogen and oxygen atoms in total. The molecular formula is C7H16N2O. The molecule has 0 bridgehead atoms. The molecule has 0 radical (unpaired) electrons. The normalized spacial score (nSPS) is 10.0. The Bertz CT molecular complexity index is 102. The SMILES string of the molecule is CC(=O)NNCCC(C)C. The lowest BCUT2D eigenvalue weighted by Crippen LogP contribution is -2.36. The second kappa shape index (κ2) is 5.23. The van der Waals surface area contributed by atoms with Gasteiger partial charge in [-0.15, -0.1) is 0 Å². The van der Waals surface area contributed by atoms with Crippen molar-refractivity contribution in [2.24, 2.45) is 5.92 Å². The molecule has 0 unspecified atom stereocenters. The van der Waals surface area contributed by atoms with E-state index < -0.39 is 0 Å².